The van der Waals surface area contributed by atoms with Gasteiger partial charge in [0.1, 0.15) is 17.7 Å². The van der Waals surface area contributed by atoms with E-state index in [0.717, 1.165) is 6.54 Å². The molecule has 46 heavy (non-hydrogen) atoms. The molecule has 9 heteroatoms. The van der Waals surface area contributed by atoms with Crippen LogP contribution in [0.15, 0.2) is 97.1 Å². The largest absolute Gasteiger partial charge is 0.488 e. The molecule has 0 spiro atoms. The number of likely N-dealkylation sites (N-methyl/N-ethyl adjacent to an activating group) is 1. The number of aliphatic hydroxyl groups is 1. The summed E-state index contributed by atoms with van der Waals surface area (Å²) in [5.41, 5.74) is 5.09. The molecule has 8 nitrogen and oxygen atoms in total. The smallest absolute Gasteiger partial charge is 0.323 e. The number of nitrogens with zero attached hydrogens (tertiary/aromatic N) is 2. The number of nitrogens with one attached hydrogen (secondary N) is 2. The van der Waals surface area contributed by atoms with Crippen molar-refractivity contribution in [3.8, 4) is 16.9 Å². The van der Waals surface area contributed by atoms with Crippen LogP contribution < -0.4 is 15.4 Å². The first-order valence-corrected chi connectivity index (χ1v) is 15.5. The molecule has 4 aromatic rings. The summed E-state index contributed by atoms with van der Waals surface area (Å²) in [6, 6.07) is 28.7. The van der Waals surface area contributed by atoms with Gasteiger partial charge in [0.05, 0.1) is 19.1 Å². The normalized spacial score (nSPS) is 17.3. The fraction of sp³-hybridized carbons (Fsp3) is 0.297. The lowest BCUT2D eigenvalue weighted by Gasteiger charge is -2.34. The van der Waals surface area contributed by atoms with Crippen LogP contribution in [0.25, 0.3) is 11.1 Å². The van der Waals surface area contributed by atoms with Crippen LogP contribution in [-0.4, -0.2) is 65.7 Å². The minimum absolute atomic E-state index is 0.0360. The van der Waals surface area contributed by atoms with Gasteiger partial charge in [-0.15, -0.1) is 0 Å². The Morgan fingerprint density at radius 2 is 1.63 bits per heavy atom. The van der Waals surface area contributed by atoms with Crippen molar-refractivity contribution in [1.29, 1.82) is 0 Å². The van der Waals surface area contributed by atoms with Gasteiger partial charge in [0.2, 0.25) is 5.91 Å². The van der Waals surface area contributed by atoms with Crippen molar-refractivity contribution in [1.82, 2.24) is 9.80 Å². The second-order valence-electron chi connectivity index (χ2n) is 12.1. The number of urea groups is 1. The number of rotatable bonds is 9. The van der Waals surface area contributed by atoms with Crippen LogP contribution in [0.3, 0.4) is 0 Å². The summed E-state index contributed by atoms with van der Waals surface area (Å²) in [5.74, 6) is 0.0210. The average Bonchev–Trinajstić information content (AvgIpc) is 3.09. The van der Waals surface area contributed by atoms with Crippen molar-refractivity contribution in [2.24, 2.45) is 5.92 Å². The van der Waals surface area contributed by atoms with Crippen LogP contribution in [0.4, 0.5) is 20.6 Å². The fourth-order valence-electron chi connectivity index (χ4n) is 5.67. The van der Waals surface area contributed by atoms with E-state index in [-0.39, 0.29) is 37.0 Å². The lowest BCUT2D eigenvalue weighted by Crippen LogP contribution is -2.47. The molecule has 0 saturated heterocycles. The minimum atomic E-state index is -0.498. The van der Waals surface area contributed by atoms with Crippen LogP contribution in [0, 0.1) is 11.7 Å². The molecule has 3 atom stereocenters. The Kier molecular flexibility index (Phi) is 10.7. The summed E-state index contributed by atoms with van der Waals surface area (Å²) < 4.78 is 19.9. The summed E-state index contributed by atoms with van der Waals surface area (Å²) in [7, 11) is 2.06. The van der Waals surface area contributed by atoms with E-state index in [2.05, 4.69) is 65.9 Å². The molecule has 240 valence electrons. The Labute approximate surface area is 269 Å². The molecule has 0 saturated carbocycles. The highest BCUT2D eigenvalue weighted by Gasteiger charge is 2.31. The summed E-state index contributed by atoms with van der Waals surface area (Å²) in [4.78, 5) is 30.1. The first-order valence-electron chi connectivity index (χ1n) is 15.5. The number of hydrogen-bond acceptors (Lipinski definition) is 5. The first kappa shape index (κ1) is 32.7. The van der Waals surface area contributed by atoms with E-state index in [0.29, 0.717) is 35.8 Å². The van der Waals surface area contributed by atoms with E-state index in [9.17, 15) is 19.1 Å². The Bertz CT molecular complexity index is 1620. The molecule has 0 aliphatic carbocycles. The average molecular weight is 625 g/mol. The van der Waals surface area contributed by atoms with Gasteiger partial charge in [-0.05, 0) is 73.1 Å². The lowest BCUT2D eigenvalue weighted by molar-refractivity contribution is -0.134. The molecule has 0 fully saturated rings. The Morgan fingerprint density at radius 1 is 0.978 bits per heavy atom. The molecule has 3 amide bonds. The van der Waals surface area contributed by atoms with Gasteiger partial charge in [0, 0.05) is 42.5 Å². The summed E-state index contributed by atoms with van der Waals surface area (Å²) >= 11 is 0. The van der Waals surface area contributed by atoms with Gasteiger partial charge in [0.25, 0.3) is 0 Å². The zero-order chi connectivity index (χ0) is 32.6. The fourth-order valence-corrected chi connectivity index (χ4v) is 5.67. The number of anilines is 2. The summed E-state index contributed by atoms with van der Waals surface area (Å²) in [6.07, 6.45) is -0.204. The highest BCUT2D eigenvalue weighted by atomic mass is 19.1. The molecular formula is C37H41FN4O4. The number of ether oxygens (including phenoxy) is 1. The maximum Gasteiger partial charge on any atom is 0.323 e. The number of hydrogen-bond donors (Lipinski definition) is 3. The van der Waals surface area contributed by atoms with Crippen LogP contribution in [0.2, 0.25) is 0 Å². The molecule has 1 heterocycles. The first-order chi connectivity index (χ1) is 22.2. The van der Waals surface area contributed by atoms with E-state index < -0.39 is 11.8 Å². The third-order valence-electron chi connectivity index (χ3n) is 8.28. The third kappa shape index (κ3) is 8.50. The van der Waals surface area contributed by atoms with Crippen molar-refractivity contribution in [2.45, 2.75) is 39.0 Å². The predicted octanol–water partition coefficient (Wildman–Crippen LogP) is 6.42. The van der Waals surface area contributed by atoms with Gasteiger partial charge in [-0.2, -0.15) is 0 Å². The molecule has 1 aliphatic rings. The second-order valence-corrected chi connectivity index (χ2v) is 12.1. The van der Waals surface area contributed by atoms with Gasteiger partial charge in [-0.1, -0.05) is 61.5 Å². The van der Waals surface area contributed by atoms with Gasteiger partial charge in [-0.3, -0.25) is 9.69 Å². The number of benzene rings is 4. The number of fused-ring (bicyclic) bond motifs is 1. The number of aliphatic hydroxyl groups excluding tert-OH is 1. The van der Waals surface area contributed by atoms with E-state index in [4.69, 9.17) is 4.74 Å². The number of halogens is 1. The van der Waals surface area contributed by atoms with Crippen molar-refractivity contribution >= 4 is 23.3 Å². The van der Waals surface area contributed by atoms with E-state index >= 15 is 0 Å². The molecule has 0 aromatic heterocycles. The molecule has 4 aromatic carbocycles. The highest BCUT2D eigenvalue weighted by molar-refractivity contribution is 6.00. The number of carbonyl (C=O) groups excluding carboxylic acids is 2. The Balaban J connectivity index is 1.32. The van der Waals surface area contributed by atoms with Gasteiger partial charge >= 0.3 is 6.03 Å². The molecule has 1 aliphatic heterocycles. The molecule has 0 radical (unpaired) electrons. The van der Waals surface area contributed by atoms with E-state index in [1.54, 1.807) is 23.1 Å². The van der Waals surface area contributed by atoms with E-state index in [1.807, 2.05) is 25.1 Å². The van der Waals surface area contributed by atoms with Crippen molar-refractivity contribution in [3.63, 3.8) is 0 Å². The Hall–Kier alpha value is -4.73. The molecular weight excluding hydrogens is 583 g/mol. The molecule has 5 rings (SSSR count). The van der Waals surface area contributed by atoms with Crippen LogP contribution in [0.5, 0.6) is 5.75 Å². The SMILES string of the molecule is C[C@@H]1CN([C@H](C)CO)C(=O)Cc2cc(NC(=O)Nc3ccc(F)cc3)ccc2O[C@@H]1CN(C)Cc1ccc(-c2ccccc2)cc1. The van der Waals surface area contributed by atoms with E-state index in [1.165, 1.54) is 41.0 Å². The minimum Gasteiger partial charge on any atom is -0.488 e. The predicted molar refractivity (Wildman–Crippen MR) is 179 cm³/mol. The van der Waals surface area contributed by atoms with Crippen molar-refractivity contribution in [3.05, 3.63) is 114 Å². The van der Waals surface area contributed by atoms with Gasteiger partial charge < -0.3 is 25.4 Å². The van der Waals surface area contributed by atoms with Gasteiger partial charge in [0.15, 0.2) is 0 Å². The van der Waals surface area contributed by atoms with Crippen LogP contribution in [0.1, 0.15) is 25.0 Å². The monoisotopic (exact) mass is 624 g/mol. The van der Waals surface area contributed by atoms with Crippen molar-refractivity contribution in [2.75, 3.05) is 37.4 Å². The zero-order valence-corrected chi connectivity index (χ0v) is 26.4. The third-order valence-corrected chi connectivity index (χ3v) is 8.28. The number of carbonyl (C=O) groups is 2. The summed E-state index contributed by atoms with van der Waals surface area (Å²) in [6.45, 7) is 5.51. The second kappa shape index (κ2) is 15.0. The summed E-state index contributed by atoms with van der Waals surface area (Å²) in [5, 5.41) is 15.4. The van der Waals surface area contributed by atoms with Crippen LogP contribution in [-0.2, 0) is 17.8 Å². The van der Waals surface area contributed by atoms with Crippen LogP contribution >= 0.6 is 0 Å². The molecule has 3 N–H and O–H groups in total. The Morgan fingerprint density at radius 3 is 2.33 bits per heavy atom. The van der Waals surface area contributed by atoms with Crippen molar-refractivity contribution < 1.29 is 23.8 Å². The lowest BCUT2D eigenvalue weighted by atomic mass is 10.0. The molecule has 0 unspecified atom stereocenters. The maximum atomic E-state index is 13.5. The highest BCUT2D eigenvalue weighted by Crippen LogP contribution is 2.30. The zero-order valence-electron chi connectivity index (χ0n) is 26.4. The standard InChI is InChI=1S/C37H41FN4O4/c1-25-21-42(26(2)24-43)36(44)20-30-19-33(40-37(45)39-32-15-13-31(38)14-16-32)17-18-34(30)46-35(25)23-41(3)22-27-9-11-29(12-10-27)28-7-5-4-6-8-28/h4-19,25-26,35,43H,20-24H2,1-3H3,(H2,39,40,45)/t25-,26-,35-/m1/s1. The van der Waals surface area contributed by atoms with Gasteiger partial charge in [-0.25, -0.2) is 9.18 Å². The maximum absolute atomic E-state index is 13.5. The molecule has 0 bridgehead atoms. The quantitative estimate of drug-likeness (QED) is 0.200. The number of amides is 3. The topological polar surface area (TPSA) is 94.1 Å².